The summed E-state index contributed by atoms with van der Waals surface area (Å²) in [5.41, 5.74) is 0. The van der Waals surface area contributed by atoms with E-state index >= 15 is 0 Å². The van der Waals surface area contributed by atoms with Crippen molar-refractivity contribution in [1.82, 2.24) is 0 Å². The Kier molecular flexibility index (Phi) is 63.2. The van der Waals surface area contributed by atoms with Crippen molar-refractivity contribution in [3.63, 3.8) is 0 Å². The van der Waals surface area contributed by atoms with Crippen molar-refractivity contribution in [2.45, 2.75) is 0 Å². The fraction of sp³-hybridized carbons (Fsp3) is 0. The third-order valence-corrected chi connectivity index (χ3v) is 3.90. The highest BCUT2D eigenvalue weighted by atomic mass is 15.8. The van der Waals surface area contributed by atoms with Crippen LogP contribution in [0.15, 0.2) is 512 Å². The third kappa shape index (κ3) is 78.0. The van der Waals surface area contributed by atoms with E-state index in [2.05, 4.69) is 524 Å². The number of nitrogens with two attached hydrogens (primary N) is 2. The Morgan fingerprint density at radius 2 is 0.0800 bits per heavy atom. The molecule has 100 heteroatoms. The lowest BCUT2D eigenvalue weighted by Gasteiger charge is -1.71. The van der Waals surface area contributed by atoms with Crippen LogP contribution in [0.1, 0.15) is 0 Å². The van der Waals surface area contributed by atoms with Gasteiger partial charge in [0.1, 0.15) is 0 Å². The lowest BCUT2D eigenvalue weighted by Crippen LogP contribution is -1.70. The van der Waals surface area contributed by atoms with E-state index in [4.69, 9.17) is 0 Å². The summed E-state index contributed by atoms with van der Waals surface area (Å²) in [5, 5.41) is 293. The fourth-order valence-electron chi connectivity index (χ4n) is 1.73. The molecule has 0 amide bonds. The molecule has 0 aromatic carbocycles. The quantitative estimate of drug-likeness (QED) is 0.0341. The summed E-state index contributed by atoms with van der Waals surface area (Å²) < 4.78 is 0. The molecular weight excluding hydrogens is 1400 g/mol. The zero-order valence-electron chi connectivity index (χ0n) is 45.0. The largest absolute Gasteiger partial charge is 0.303 e. The number of hydrogen-bond donors (Lipinski definition) is 2. The van der Waals surface area contributed by atoms with Gasteiger partial charge in [0.25, 0.3) is 0 Å². The van der Waals surface area contributed by atoms with Crippen molar-refractivity contribution in [2.75, 3.05) is 0 Å². The Labute approximate surface area is 523 Å². The summed E-state index contributed by atoms with van der Waals surface area (Å²) in [6.45, 7) is 0. The predicted molar refractivity (Wildman–Crippen MR) is 246 cm³/mol. The maximum Gasteiger partial charge on any atom is 0 e. The molecule has 0 atom stereocenters. The van der Waals surface area contributed by atoms with Crippen LogP contribution in [0, 0.1) is 0 Å². The smallest absolute Gasteiger partial charge is 0 e. The van der Waals surface area contributed by atoms with Crippen LogP contribution in [0.4, 0.5) is 0 Å². The first-order valence-electron chi connectivity index (χ1n) is 19.9. The van der Waals surface area contributed by atoms with Crippen molar-refractivity contribution >= 4 is 0 Å². The molecule has 0 unspecified atom stereocenters. The summed E-state index contributed by atoms with van der Waals surface area (Å²) in [7, 11) is 0. The van der Waals surface area contributed by atoms with Crippen molar-refractivity contribution in [3.8, 4) is 0 Å². The number of hydrogen-bond acceptors (Lipinski definition) is 2. The molecule has 0 saturated carbocycles. The van der Waals surface area contributed by atoms with Gasteiger partial charge in [0.05, 0.1) is 0 Å². The molecule has 0 aliphatic carbocycles. The SMILES string of the molecule is N/N=N/N=N/N=N/N=N/N=N/N=N/N=N/N=N/N=N/N=N/N=N/N=N/N=N/N=N/N=N/N=N/N=N/N=N/N=N/N=N/N=N/N=N/N=N/N=N/N=N/N=N/N=N/N=N/N=N/N=N/N=N/N=N/N=N/N=N/N=N/N=N/N=N/N=N/N=N/N=N/N=N/N=N/N=N/N=N/N=N/N=N/N=N/N=N/N=N/N. The van der Waals surface area contributed by atoms with E-state index in [1.165, 1.54) is 0 Å². The molecule has 100 heavy (non-hydrogen) atoms. The monoisotopic (exact) mass is 1400 g/mol. The van der Waals surface area contributed by atoms with Crippen molar-refractivity contribution < 1.29 is 0 Å². The van der Waals surface area contributed by atoms with E-state index in [0.717, 1.165) is 0 Å². The second-order valence-corrected chi connectivity index (χ2v) is 8.82. The van der Waals surface area contributed by atoms with Gasteiger partial charge in [-0.3, -0.25) is 0 Å². The molecule has 0 bridgehead atoms. The minimum absolute atomic E-state index is 2.75. The molecule has 0 rings (SSSR count). The van der Waals surface area contributed by atoms with Crippen LogP contribution >= 0.6 is 0 Å². The zero-order chi connectivity index (χ0) is 71.3. The molecule has 0 spiro atoms. The van der Waals surface area contributed by atoms with Gasteiger partial charge in [0, 0.05) is 428 Å². The minimum Gasteiger partial charge on any atom is -0.303 e. The van der Waals surface area contributed by atoms with E-state index in [1.54, 1.807) is 0 Å². The molecule has 0 heterocycles. The van der Waals surface area contributed by atoms with Gasteiger partial charge in [-0.2, -0.15) is 0 Å². The topological polar surface area (TPSA) is 1260 Å². The van der Waals surface area contributed by atoms with Crippen molar-refractivity contribution in [2.24, 2.45) is 524 Å². The lowest BCUT2D eigenvalue weighted by molar-refractivity contribution is 0.723. The predicted octanol–water partition coefficient (Wildman–Crippen LogP) is 16.8. The van der Waals surface area contributed by atoms with Crippen LogP contribution in [0.5, 0.6) is 0 Å². The van der Waals surface area contributed by atoms with Crippen LogP contribution in [-0.4, -0.2) is 0 Å². The van der Waals surface area contributed by atoms with Crippen LogP contribution in [0.25, 0.3) is 0 Å². The zero-order valence-corrected chi connectivity index (χ0v) is 45.0. The number of nitrogens with zero attached hydrogens (tertiary/aromatic N) is 98. The molecule has 0 aromatic rings. The summed E-state index contributed by atoms with van der Waals surface area (Å²) >= 11 is 0. The molecule has 0 aliphatic heterocycles. The average molecular weight is 1400 g/mol. The lowest BCUT2D eigenvalue weighted by atomic mass is 12.3. The van der Waals surface area contributed by atoms with E-state index in [0.29, 0.717) is 0 Å². The molecule has 0 saturated heterocycles. The summed E-state index contributed by atoms with van der Waals surface area (Å²) in [4.78, 5) is 0. The van der Waals surface area contributed by atoms with Crippen molar-refractivity contribution in [3.05, 3.63) is 0 Å². The van der Waals surface area contributed by atoms with Crippen LogP contribution in [0.3, 0.4) is 0 Å². The highest BCUT2D eigenvalue weighted by molar-refractivity contribution is 4.23. The molecular formula is H4N100. The summed E-state index contributed by atoms with van der Waals surface area (Å²) in [5.74, 6) is 9.27. The maximum absolute atomic E-state index is 4.63. The van der Waals surface area contributed by atoms with Gasteiger partial charge in [-0.15, -0.1) is 0 Å². The first kappa shape index (κ1) is 80.0. The van der Waals surface area contributed by atoms with E-state index in [1.807, 2.05) is 0 Å². The normalized spacial score (nSPS) is 15.7. The second-order valence-electron chi connectivity index (χ2n) is 8.82. The standard InChI is InChI=1S/H4N100/c1-3-5-7-9-11-13-15-17-19-21-23-25-27-29-31-33-35-37-39-41-43-45-47-49-51-53-55-57-59-61-63-65-67-69-71-73-75-77-79-81-83-85-87-89-91-93-95-97-99-100-98-96-94-92-90-88-86-84-82-80-78-76-74-72-70-68-66-64-62-60-58-56-54-52-50-48-46-44-42-40-38-36-34-32-30-28-26-24-22-20-18-16-14-12-10-8-6-4-2/h(H2,1,4,5,8,9,12,13,16,17,20,21,24,25,28,29,32,33,36,37,40,41,44,45,48,49,52,53,56,57,60,61,64,65,68,69,72,73,76,77,80,81,84,85,88,89,92,93,96,97,100)(H2,2,3,6,7,10,11,14,15,18,19,22,23,26,27,30,31,34,35,38,39,42,43,46,47,50,51,54,55,58,59,62,63,66,67,70,71,74,75,78,79,82,83,86,87,90,91,94,95,98,99). The highest BCUT2D eigenvalue weighted by Crippen LogP contribution is 1.98. The maximum atomic E-state index is 4.63. The van der Waals surface area contributed by atoms with Gasteiger partial charge in [0.15, 0.2) is 0 Å². The summed E-state index contributed by atoms with van der Waals surface area (Å²) in [6, 6.07) is 0. The van der Waals surface area contributed by atoms with Gasteiger partial charge < -0.3 is 11.7 Å². The van der Waals surface area contributed by atoms with Crippen LogP contribution < -0.4 is 11.7 Å². The summed E-state index contributed by atoms with van der Waals surface area (Å²) in [6.07, 6.45) is 0. The molecule has 0 aromatic heterocycles. The van der Waals surface area contributed by atoms with Gasteiger partial charge in [-0.25, -0.2) is 0 Å². The Balaban J connectivity index is 4.12. The fourth-order valence-corrected chi connectivity index (χ4v) is 1.73. The van der Waals surface area contributed by atoms with Gasteiger partial charge in [-0.1, -0.05) is 10.4 Å². The molecule has 0 radical (unpaired) electrons. The Hall–Kier alpha value is -20.0. The Morgan fingerprint density at radius 1 is 0.0500 bits per heavy atom. The molecule has 0 aliphatic rings. The Bertz CT molecular complexity index is 3450. The van der Waals surface area contributed by atoms with E-state index in [-0.39, 0.29) is 0 Å². The van der Waals surface area contributed by atoms with E-state index in [9.17, 15) is 0 Å². The van der Waals surface area contributed by atoms with Gasteiger partial charge in [-0.05, 0) is 73.1 Å². The first-order valence-corrected chi connectivity index (χ1v) is 19.9. The first-order chi connectivity index (χ1) is 49.9. The molecule has 4 N–H and O–H groups in total. The van der Waals surface area contributed by atoms with Gasteiger partial charge in [0.2, 0.25) is 0 Å². The van der Waals surface area contributed by atoms with Gasteiger partial charge >= 0.3 is 0 Å². The van der Waals surface area contributed by atoms with Crippen LogP contribution in [-0.2, 0) is 0 Å². The molecule has 504 valence electrons. The van der Waals surface area contributed by atoms with E-state index < -0.39 is 0 Å². The minimum atomic E-state index is 2.75. The number of rotatable bonds is 48. The highest BCUT2D eigenvalue weighted by Gasteiger charge is 1.80. The second kappa shape index (κ2) is 79.0. The molecule has 100 nitrogen and oxygen atoms in total. The van der Waals surface area contributed by atoms with Crippen molar-refractivity contribution in [1.29, 1.82) is 0 Å². The third-order valence-electron chi connectivity index (χ3n) is 3.90. The Morgan fingerprint density at radius 3 is 0.110 bits per heavy atom. The van der Waals surface area contributed by atoms with Crippen LogP contribution in [0.2, 0.25) is 0 Å². The average Bonchev–Trinajstić information content (AvgIpc) is 3.66. The molecule has 0 fully saturated rings.